The Labute approximate surface area is 113 Å². The molecule has 0 saturated carbocycles. The summed E-state index contributed by atoms with van der Waals surface area (Å²) in [6, 6.07) is 5.31. The minimum atomic E-state index is -0.428. The van der Waals surface area contributed by atoms with E-state index in [1.54, 1.807) is 19.1 Å². The highest BCUT2D eigenvalue weighted by Crippen LogP contribution is 2.24. The Morgan fingerprint density at radius 2 is 2.24 bits per heavy atom. The van der Waals surface area contributed by atoms with Gasteiger partial charge in [0, 0.05) is 9.86 Å². The summed E-state index contributed by atoms with van der Waals surface area (Å²) in [7, 11) is 0. The van der Waals surface area contributed by atoms with Crippen LogP contribution in [0.1, 0.15) is 17.3 Å². The third-order valence-electron chi connectivity index (χ3n) is 2.24. The van der Waals surface area contributed by atoms with E-state index in [9.17, 15) is 10.0 Å². The van der Waals surface area contributed by atoms with Gasteiger partial charge in [0.1, 0.15) is 0 Å². The Morgan fingerprint density at radius 3 is 2.88 bits per heavy atom. The second kappa shape index (κ2) is 5.42. The molecule has 0 spiro atoms. The summed E-state index contributed by atoms with van der Waals surface area (Å²) in [5, 5.41) is 10.3. The quantitative estimate of drug-likeness (QED) is 0.682. The molecule has 0 aliphatic rings. The first-order chi connectivity index (χ1) is 7.63. The zero-order valence-corrected chi connectivity index (χ0v) is 11.4. The van der Waals surface area contributed by atoms with Crippen molar-refractivity contribution in [3.05, 3.63) is 34.4 Å². The first-order valence-electron chi connectivity index (χ1n) is 4.80. The summed E-state index contributed by atoms with van der Waals surface area (Å²) in [6.07, 6.45) is 1.36. The molecule has 1 heterocycles. The first kappa shape index (κ1) is 13.9. The highest BCUT2D eigenvalue weighted by molar-refractivity contribution is 9.10. The van der Waals surface area contributed by atoms with Crippen LogP contribution >= 0.6 is 28.3 Å². The fourth-order valence-electron chi connectivity index (χ4n) is 1.55. The Kier molecular flexibility index (Phi) is 4.42. The van der Waals surface area contributed by atoms with Gasteiger partial charge in [0.15, 0.2) is 0 Å². The fourth-order valence-corrected chi connectivity index (χ4v) is 1.90. The van der Waals surface area contributed by atoms with Gasteiger partial charge >= 0.3 is 5.97 Å². The maximum absolute atomic E-state index is 11.6. The number of benzene rings is 1. The largest absolute Gasteiger partial charge is 0.462 e. The molecule has 1 N–H and O–H groups in total. The van der Waals surface area contributed by atoms with Gasteiger partial charge in [-0.3, -0.25) is 0 Å². The van der Waals surface area contributed by atoms with Crippen molar-refractivity contribution in [3.8, 4) is 0 Å². The summed E-state index contributed by atoms with van der Waals surface area (Å²) in [5.74, 6) is -0.428. The van der Waals surface area contributed by atoms with Crippen molar-refractivity contribution in [2.45, 2.75) is 6.92 Å². The topological polar surface area (TPSA) is 51.5 Å². The molecule has 0 amide bonds. The van der Waals surface area contributed by atoms with Crippen LogP contribution in [0.2, 0.25) is 0 Å². The van der Waals surface area contributed by atoms with Crippen molar-refractivity contribution in [1.29, 1.82) is 0 Å². The lowest BCUT2D eigenvalue weighted by atomic mass is 10.2. The Bertz CT molecular complexity index is 553. The van der Waals surface area contributed by atoms with E-state index in [0.29, 0.717) is 23.1 Å². The number of aromatic nitrogens is 1. The molecule has 0 unspecified atom stereocenters. The minimum Gasteiger partial charge on any atom is -0.462 e. The van der Waals surface area contributed by atoms with Crippen LogP contribution in [-0.4, -0.2) is 22.5 Å². The molecule has 6 heteroatoms. The van der Waals surface area contributed by atoms with Crippen LogP contribution in [0.25, 0.3) is 10.9 Å². The van der Waals surface area contributed by atoms with Crippen molar-refractivity contribution in [2.24, 2.45) is 0 Å². The molecule has 2 aromatic rings. The average molecular weight is 321 g/mol. The van der Waals surface area contributed by atoms with Crippen molar-refractivity contribution in [2.75, 3.05) is 6.61 Å². The Morgan fingerprint density at radius 1 is 1.53 bits per heavy atom. The lowest BCUT2D eigenvalue weighted by molar-refractivity contribution is 0.0526. The molecular weight excluding hydrogens is 309 g/mol. The SMILES string of the molecule is CCOC(=O)c1cn(O)c2cc(Br)ccc12.Cl. The molecule has 4 nitrogen and oxygen atoms in total. The summed E-state index contributed by atoms with van der Waals surface area (Å²) < 4.78 is 6.66. The van der Waals surface area contributed by atoms with Crippen molar-refractivity contribution < 1.29 is 14.7 Å². The molecule has 0 bridgehead atoms. The molecule has 0 aliphatic carbocycles. The zero-order valence-electron chi connectivity index (χ0n) is 9.01. The smallest absolute Gasteiger partial charge is 0.340 e. The van der Waals surface area contributed by atoms with E-state index < -0.39 is 5.97 Å². The maximum atomic E-state index is 11.6. The number of ether oxygens (including phenoxy) is 1. The second-order valence-corrected chi connectivity index (χ2v) is 4.18. The number of fused-ring (bicyclic) bond motifs is 1. The highest BCUT2D eigenvalue weighted by atomic mass is 79.9. The van der Waals surface area contributed by atoms with Gasteiger partial charge in [-0.2, -0.15) is 4.73 Å². The van der Waals surface area contributed by atoms with E-state index in [2.05, 4.69) is 15.9 Å². The van der Waals surface area contributed by atoms with Crippen molar-refractivity contribution >= 4 is 45.2 Å². The number of carbonyl (C=O) groups is 1. The van der Waals surface area contributed by atoms with Gasteiger partial charge in [-0.05, 0) is 19.1 Å². The van der Waals surface area contributed by atoms with Gasteiger partial charge in [-0.1, -0.05) is 22.0 Å². The van der Waals surface area contributed by atoms with E-state index >= 15 is 0 Å². The standard InChI is InChI=1S/C11H10BrNO3.ClH/c1-2-16-11(14)9-6-13(15)10-5-7(12)3-4-8(9)10;/h3-6,15H,2H2,1H3;1H. The number of carbonyl (C=O) groups excluding carboxylic acids is 1. The number of halogens is 2. The maximum Gasteiger partial charge on any atom is 0.340 e. The highest BCUT2D eigenvalue weighted by Gasteiger charge is 2.15. The van der Waals surface area contributed by atoms with E-state index in [1.165, 1.54) is 6.20 Å². The van der Waals surface area contributed by atoms with Crippen LogP contribution < -0.4 is 0 Å². The van der Waals surface area contributed by atoms with Gasteiger partial charge in [0.25, 0.3) is 0 Å². The van der Waals surface area contributed by atoms with E-state index in [-0.39, 0.29) is 12.4 Å². The molecule has 0 radical (unpaired) electrons. The first-order valence-corrected chi connectivity index (χ1v) is 5.59. The monoisotopic (exact) mass is 319 g/mol. The molecule has 0 aliphatic heterocycles. The molecule has 2 rings (SSSR count). The van der Waals surface area contributed by atoms with Gasteiger partial charge in [0.2, 0.25) is 0 Å². The lowest BCUT2D eigenvalue weighted by Gasteiger charge is -1.99. The average Bonchev–Trinajstić information content (AvgIpc) is 2.56. The number of esters is 1. The van der Waals surface area contributed by atoms with E-state index in [4.69, 9.17) is 4.74 Å². The molecule has 1 aromatic heterocycles. The molecule has 1 aromatic carbocycles. The van der Waals surface area contributed by atoms with Crippen LogP contribution in [0.15, 0.2) is 28.9 Å². The molecule has 0 atom stereocenters. The minimum absolute atomic E-state index is 0. The van der Waals surface area contributed by atoms with Gasteiger partial charge in [0.05, 0.1) is 23.9 Å². The fraction of sp³-hybridized carbons (Fsp3) is 0.182. The normalized spacial score (nSPS) is 10.0. The molecule has 0 fully saturated rings. The number of nitrogens with zero attached hydrogens (tertiary/aromatic N) is 1. The van der Waals surface area contributed by atoms with Gasteiger partial charge < -0.3 is 9.94 Å². The number of rotatable bonds is 2. The van der Waals surface area contributed by atoms with Gasteiger partial charge in [-0.15, -0.1) is 12.4 Å². The zero-order chi connectivity index (χ0) is 11.7. The summed E-state index contributed by atoms with van der Waals surface area (Å²) in [5.41, 5.74) is 0.935. The lowest BCUT2D eigenvalue weighted by Crippen LogP contribution is -2.03. The molecule has 0 saturated heterocycles. The van der Waals surface area contributed by atoms with Crippen molar-refractivity contribution in [3.63, 3.8) is 0 Å². The summed E-state index contributed by atoms with van der Waals surface area (Å²) in [6.45, 7) is 2.06. The predicted octanol–water partition coefficient (Wildman–Crippen LogP) is 3.24. The Balaban J connectivity index is 0.00000144. The van der Waals surface area contributed by atoms with Crippen LogP contribution in [0.4, 0.5) is 0 Å². The summed E-state index contributed by atoms with van der Waals surface area (Å²) >= 11 is 3.30. The molecule has 17 heavy (non-hydrogen) atoms. The van der Waals surface area contributed by atoms with Gasteiger partial charge in [-0.25, -0.2) is 4.79 Å². The van der Waals surface area contributed by atoms with Crippen LogP contribution in [0.3, 0.4) is 0 Å². The van der Waals surface area contributed by atoms with E-state index in [0.717, 1.165) is 9.20 Å². The van der Waals surface area contributed by atoms with Crippen LogP contribution in [0.5, 0.6) is 0 Å². The van der Waals surface area contributed by atoms with E-state index in [1.807, 2.05) is 6.07 Å². The third-order valence-corrected chi connectivity index (χ3v) is 2.74. The van der Waals surface area contributed by atoms with Crippen LogP contribution in [0, 0.1) is 0 Å². The van der Waals surface area contributed by atoms with Crippen molar-refractivity contribution in [1.82, 2.24) is 4.73 Å². The second-order valence-electron chi connectivity index (χ2n) is 3.27. The van der Waals surface area contributed by atoms with Crippen LogP contribution in [-0.2, 0) is 4.74 Å². The molecule has 92 valence electrons. The number of hydrogen-bond acceptors (Lipinski definition) is 3. The Hall–Kier alpha value is -1.20. The summed E-state index contributed by atoms with van der Waals surface area (Å²) in [4.78, 5) is 11.6. The third kappa shape index (κ3) is 2.56. The number of hydrogen-bond donors (Lipinski definition) is 1. The molecular formula is C11H11BrClNO3. The predicted molar refractivity (Wildman–Crippen MR) is 70.0 cm³/mol.